The summed E-state index contributed by atoms with van der Waals surface area (Å²) in [5.74, 6) is 1.39. The van der Waals surface area contributed by atoms with Crippen molar-refractivity contribution in [3.8, 4) is 0 Å². The van der Waals surface area contributed by atoms with Crippen LogP contribution in [0.4, 0.5) is 4.79 Å². The van der Waals surface area contributed by atoms with Crippen LogP contribution in [0, 0.1) is 5.92 Å². The van der Waals surface area contributed by atoms with Crippen LogP contribution in [0.5, 0.6) is 0 Å². The fraction of sp³-hybridized carbons (Fsp3) is 0.882. The second kappa shape index (κ2) is 11.9. The normalized spacial score (nSPS) is 16.4. The summed E-state index contributed by atoms with van der Waals surface area (Å²) in [6.07, 6.45) is 2.54. The van der Waals surface area contributed by atoms with Crippen LogP contribution < -0.4 is 10.6 Å². The molecule has 0 aliphatic carbocycles. The number of hydrogen-bond acceptors (Lipinski definition) is 4. The van der Waals surface area contributed by atoms with Gasteiger partial charge in [0.2, 0.25) is 0 Å². The number of piperidine rings is 1. The number of aliphatic imine (C=N–C) groups is 1. The molecule has 7 heteroatoms. The first kappa shape index (κ1) is 20.5. The van der Waals surface area contributed by atoms with Gasteiger partial charge in [0.15, 0.2) is 5.96 Å². The first-order valence-electron chi connectivity index (χ1n) is 9.03. The maximum atomic E-state index is 11.7. The Labute approximate surface area is 146 Å². The second-order valence-electron chi connectivity index (χ2n) is 6.43. The molecule has 1 aliphatic rings. The van der Waals surface area contributed by atoms with Gasteiger partial charge in [-0.1, -0.05) is 13.8 Å². The van der Waals surface area contributed by atoms with E-state index in [4.69, 9.17) is 9.47 Å². The molecule has 2 N–H and O–H groups in total. The van der Waals surface area contributed by atoms with Gasteiger partial charge in [-0.15, -0.1) is 0 Å². The van der Waals surface area contributed by atoms with Gasteiger partial charge in [-0.2, -0.15) is 0 Å². The third-order valence-electron chi connectivity index (χ3n) is 3.79. The Hall–Kier alpha value is -1.50. The highest BCUT2D eigenvalue weighted by atomic mass is 16.6. The largest absolute Gasteiger partial charge is 0.450 e. The number of nitrogens with one attached hydrogen (secondary N) is 2. The van der Waals surface area contributed by atoms with Gasteiger partial charge in [0, 0.05) is 45.9 Å². The standard InChI is InChI=1S/C17H34N4O3/c1-5-24-17(22)21-10-7-15(8-11-21)20-16(18-4)19-9-6-12-23-13-14(2)3/h14-15H,5-13H2,1-4H3,(H2,18,19,20). The van der Waals surface area contributed by atoms with Crippen LogP contribution in [0.1, 0.15) is 40.0 Å². The monoisotopic (exact) mass is 342 g/mol. The van der Waals surface area contributed by atoms with Gasteiger partial charge < -0.3 is 25.0 Å². The molecule has 0 saturated carbocycles. The molecule has 0 radical (unpaired) electrons. The van der Waals surface area contributed by atoms with Crippen molar-refractivity contribution in [3.05, 3.63) is 0 Å². The average Bonchev–Trinajstić information content (AvgIpc) is 2.57. The summed E-state index contributed by atoms with van der Waals surface area (Å²) in [7, 11) is 1.78. The van der Waals surface area contributed by atoms with Gasteiger partial charge in [-0.05, 0) is 32.1 Å². The number of carbonyl (C=O) groups is 1. The minimum atomic E-state index is -0.208. The Bertz CT molecular complexity index is 380. The lowest BCUT2D eigenvalue weighted by molar-refractivity contribution is 0.0963. The van der Waals surface area contributed by atoms with Gasteiger partial charge in [-0.25, -0.2) is 4.79 Å². The summed E-state index contributed by atoms with van der Waals surface area (Å²) in [4.78, 5) is 17.7. The molecule has 1 rings (SSSR count). The Morgan fingerprint density at radius 1 is 1.33 bits per heavy atom. The fourth-order valence-corrected chi connectivity index (χ4v) is 2.51. The van der Waals surface area contributed by atoms with Crippen molar-refractivity contribution in [3.63, 3.8) is 0 Å². The predicted octanol–water partition coefficient (Wildman–Crippen LogP) is 1.83. The zero-order valence-corrected chi connectivity index (χ0v) is 15.6. The number of nitrogens with zero attached hydrogens (tertiary/aromatic N) is 2. The molecular weight excluding hydrogens is 308 g/mol. The quantitative estimate of drug-likeness (QED) is 0.400. The number of hydrogen-bond donors (Lipinski definition) is 2. The summed E-state index contributed by atoms with van der Waals surface area (Å²) < 4.78 is 10.6. The summed E-state index contributed by atoms with van der Waals surface area (Å²) in [6, 6.07) is 0.332. The highest BCUT2D eigenvalue weighted by molar-refractivity contribution is 5.80. The zero-order valence-electron chi connectivity index (χ0n) is 15.6. The van der Waals surface area contributed by atoms with E-state index in [0.29, 0.717) is 18.6 Å². The van der Waals surface area contributed by atoms with Gasteiger partial charge in [0.1, 0.15) is 0 Å². The molecule has 1 heterocycles. The lowest BCUT2D eigenvalue weighted by Crippen LogP contribution is -2.50. The molecule has 0 atom stereocenters. The van der Waals surface area contributed by atoms with Crippen molar-refractivity contribution in [2.45, 2.75) is 46.1 Å². The van der Waals surface area contributed by atoms with Crippen LogP contribution in [-0.2, 0) is 9.47 Å². The molecule has 0 spiro atoms. The molecule has 140 valence electrons. The van der Waals surface area contributed by atoms with Crippen molar-refractivity contribution >= 4 is 12.1 Å². The Morgan fingerprint density at radius 3 is 2.62 bits per heavy atom. The molecule has 1 amide bonds. The summed E-state index contributed by atoms with van der Waals surface area (Å²) in [5, 5.41) is 6.74. The van der Waals surface area contributed by atoms with Crippen molar-refractivity contribution < 1.29 is 14.3 Å². The maximum Gasteiger partial charge on any atom is 0.409 e. The lowest BCUT2D eigenvalue weighted by Gasteiger charge is -2.32. The number of carbonyl (C=O) groups excluding carboxylic acids is 1. The van der Waals surface area contributed by atoms with Crippen molar-refractivity contribution in [1.82, 2.24) is 15.5 Å². The van der Waals surface area contributed by atoms with E-state index in [1.165, 1.54) is 0 Å². The van der Waals surface area contributed by atoms with Crippen LogP contribution in [0.3, 0.4) is 0 Å². The molecule has 1 saturated heterocycles. The van der Waals surface area contributed by atoms with E-state index < -0.39 is 0 Å². The van der Waals surface area contributed by atoms with E-state index in [1.807, 2.05) is 6.92 Å². The highest BCUT2D eigenvalue weighted by Crippen LogP contribution is 2.11. The van der Waals surface area contributed by atoms with Crippen molar-refractivity contribution in [1.29, 1.82) is 0 Å². The second-order valence-corrected chi connectivity index (χ2v) is 6.43. The SMILES string of the molecule is CCOC(=O)N1CCC(NC(=NC)NCCCOCC(C)C)CC1. The molecule has 7 nitrogen and oxygen atoms in total. The first-order chi connectivity index (χ1) is 11.6. The summed E-state index contributed by atoms with van der Waals surface area (Å²) in [5.41, 5.74) is 0. The molecule has 0 aromatic carbocycles. The number of likely N-dealkylation sites (tertiary alicyclic amines) is 1. The number of rotatable bonds is 8. The van der Waals surface area contributed by atoms with Gasteiger partial charge in [0.05, 0.1) is 6.61 Å². The van der Waals surface area contributed by atoms with Gasteiger partial charge in [0.25, 0.3) is 0 Å². The zero-order chi connectivity index (χ0) is 17.8. The third kappa shape index (κ3) is 8.38. The number of amides is 1. The smallest absolute Gasteiger partial charge is 0.409 e. The highest BCUT2D eigenvalue weighted by Gasteiger charge is 2.23. The number of guanidine groups is 1. The molecule has 0 aromatic rings. The van der Waals surface area contributed by atoms with Crippen LogP contribution >= 0.6 is 0 Å². The molecule has 1 fully saturated rings. The van der Waals surface area contributed by atoms with Crippen molar-refractivity contribution in [2.75, 3.05) is 46.5 Å². The Morgan fingerprint density at radius 2 is 2.04 bits per heavy atom. The minimum Gasteiger partial charge on any atom is -0.450 e. The topological polar surface area (TPSA) is 75.2 Å². The van der Waals surface area contributed by atoms with Crippen LogP contribution in [-0.4, -0.2) is 69.5 Å². The summed E-state index contributed by atoms with van der Waals surface area (Å²) in [6.45, 7) is 10.4. The Balaban J connectivity index is 2.17. The van der Waals surface area contributed by atoms with E-state index in [-0.39, 0.29) is 6.09 Å². The van der Waals surface area contributed by atoms with E-state index in [2.05, 4.69) is 29.5 Å². The molecule has 0 aromatic heterocycles. The Kier molecular flexibility index (Phi) is 10.2. The van der Waals surface area contributed by atoms with Crippen molar-refractivity contribution in [2.24, 2.45) is 10.9 Å². The molecular formula is C17H34N4O3. The van der Waals surface area contributed by atoms with E-state index >= 15 is 0 Å². The van der Waals surface area contributed by atoms with Gasteiger partial charge >= 0.3 is 6.09 Å². The summed E-state index contributed by atoms with van der Waals surface area (Å²) >= 11 is 0. The van der Waals surface area contributed by atoms with Crippen LogP contribution in [0.25, 0.3) is 0 Å². The van der Waals surface area contributed by atoms with Crippen LogP contribution in [0.15, 0.2) is 4.99 Å². The van der Waals surface area contributed by atoms with E-state index in [1.54, 1.807) is 11.9 Å². The first-order valence-corrected chi connectivity index (χ1v) is 9.03. The van der Waals surface area contributed by atoms with E-state index in [9.17, 15) is 4.79 Å². The lowest BCUT2D eigenvalue weighted by atomic mass is 10.1. The average molecular weight is 342 g/mol. The predicted molar refractivity (Wildman–Crippen MR) is 96.4 cm³/mol. The molecule has 24 heavy (non-hydrogen) atoms. The maximum absolute atomic E-state index is 11.7. The van der Waals surface area contributed by atoms with Gasteiger partial charge in [-0.3, -0.25) is 4.99 Å². The minimum absolute atomic E-state index is 0.208. The molecule has 0 unspecified atom stereocenters. The molecule has 1 aliphatic heterocycles. The molecule has 0 bridgehead atoms. The van der Waals surface area contributed by atoms with Crippen LogP contribution in [0.2, 0.25) is 0 Å². The van der Waals surface area contributed by atoms with E-state index in [0.717, 1.165) is 58.1 Å². The number of ether oxygens (including phenoxy) is 2. The fourth-order valence-electron chi connectivity index (χ4n) is 2.51. The third-order valence-corrected chi connectivity index (χ3v) is 3.79.